The molecule has 21 heteroatoms. The number of hydrogen-bond acceptors (Lipinski definition) is 14. The molecule has 46 heavy (non-hydrogen) atoms. The van der Waals surface area contributed by atoms with Crippen LogP contribution in [-0.2, 0) is 36.8 Å². The number of nitrogens with zero attached hydrogens (tertiary/aromatic N) is 2. The first-order chi connectivity index (χ1) is 20.8. The van der Waals surface area contributed by atoms with Gasteiger partial charge in [-0.1, -0.05) is 0 Å². The van der Waals surface area contributed by atoms with Gasteiger partial charge in [-0.3, -0.25) is 37.5 Å². The van der Waals surface area contributed by atoms with Gasteiger partial charge in [0.1, 0.15) is 22.8 Å². The SMILES string of the molecule is CCN(CC)c1cc(N)c(O)c2c1CC1CC3[C@H](N(C)C)C(O)=C(C(N)=O)C(=O)[C@@]3(O)C(O)=C1C2=O.O=S(=O)(O)O.O=S(=O)(O)O. The molecule has 1 aromatic rings. The van der Waals surface area contributed by atoms with Gasteiger partial charge in [-0.25, -0.2) is 0 Å². The number of phenols is 1. The van der Waals surface area contributed by atoms with Crippen molar-refractivity contribution in [2.45, 2.75) is 38.3 Å². The number of benzene rings is 1. The molecular weight excluding hydrogens is 660 g/mol. The molecule has 19 nitrogen and oxygen atoms in total. The molecule has 1 aromatic carbocycles. The highest BCUT2D eigenvalue weighted by Gasteiger charge is 2.63. The van der Waals surface area contributed by atoms with E-state index in [0.717, 1.165) is 0 Å². The van der Waals surface area contributed by atoms with E-state index < -0.39 is 84.6 Å². The number of aliphatic hydroxyl groups excluding tert-OH is 2. The lowest BCUT2D eigenvalue weighted by Crippen LogP contribution is -2.63. The Labute approximate surface area is 263 Å². The van der Waals surface area contributed by atoms with E-state index in [2.05, 4.69) is 0 Å². The molecule has 0 saturated carbocycles. The highest BCUT2D eigenvalue weighted by atomic mass is 32.3. The lowest BCUT2D eigenvalue weighted by atomic mass is 9.58. The maximum atomic E-state index is 13.8. The van der Waals surface area contributed by atoms with Crippen LogP contribution in [0.1, 0.15) is 36.2 Å². The number of amides is 1. The second kappa shape index (κ2) is 13.5. The van der Waals surface area contributed by atoms with Crippen molar-refractivity contribution < 1.29 is 69.9 Å². The molecule has 0 aliphatic heterocycles. The number of Topliss-reactive ketones (excluding diaryl/α,β-unsaturated/α-hetero) is 2. The van der Waals surface area contributed by atoms with Gasteiger partial charge in [-0.05, 0) is 58.3 Å². The zero-order chi connectivity index (χ0) is 35.9. The molecule has 0 saturated heterocycles. The Balaban J connectivity index is 0.000000642. The molecule has 0 heterocycles. The number of ketones is 2. The fourth-order valence-corrected chi connectivity index (χ4v) is 6.17. The van der Waals surface area contributed by atoms with Crippen LogP contribution >= 0.6 is 0 Å². The van der Waals surface area contributed by atoms with Crippen LogP contribution < -0.4 is 16.4 Å². The van der Waals surface area contributed by atoms with Crippen molar-refractivity contribution in [3.63, 3.8) is 0 Å². The van der Waals surface area contributed by atoms with Crippen molar-refractivity contribution in [3.05, 3.63) is 39.9 Å². The van der Waals surface area contributed by atoms with E-state index in [1.165, 1.54) is 4.90 Å². The third kappa shape index (κ3) is 7.58. The Kier molecular flexibility index (Phi) is 11.2. The van der Waals surface area contributed by atoms with E-state index in [4.69, 9.17) is 46.5 Å². The summed E-state index contributed by atoms with van der Waals surface area (Å²) in [7, 11) is -6.15. The molecule has 258 valence electrons. The third-order valence-corrected chi connectivity index (χ3v) is 7.83. The van der Waals surface area contributed by atoms with E-state index in [1.54, 1.807) is 20.2 Å². The summed E-state index contributed by atoms with van der Waals surface area (Å²) in [6.07, 6.45) is 0.253. The summed E-state index contributed by atoms with van der Waals surface area (Å²) in [4.78, 5) is 42.6. The summed E-state index contributed by atoms with van der Waals surface area (Å²) in [5.41, 5.74) is 8.81. The summed E-state index contributed by atoms with van der Waals surface area (Å²) < 4.78 is 63.2. The van der Waals surface area contributed by atoms with Crippen molar-refractivity contribution in [3.8, 4) is 5.75 Å². The number of fused-ring (bicyclic) bond motifs is 3. The zero-order valence-corrected chi connectivity index (χ0v) is 26.6. The number of aromatic hydroxyl groups is 1. The number of nitrogens with two attached hydrogens (primary N) is 2. The minimum absolute atomic E-state index is 0.0137. The molecule has 0 radical (unpaired) electrons. The zero-order valence-electron chi connectivity index (χ0n) is 24.9. The number of rotatable bonds is 5. The van der Waals surface area contributed by atoms with Crippen LogP contribution in [0.3, 0.4) is 0 Å². The number of aliphatic hydroxyl groups is 3. The Morgan fingerprint density at radius 2 is 1.48 bits per heavy atom. The number of likely N-dealkylation sites (N-methyl/N-ethyl adjacent to an activating group) is 1. The highest BCUT2D eigenvalue weighted by molar-refractivity contribution is 7.80. The highest BCUT2D eigenvalue weighted by Crippen LogP contribution is 2.53. The molecule has 4 atom stereocenters. The largest absolute Gasteiger partial charge is 0.510 e. The Hall–Kier alpha value is -3.83. The molecule has 1 amide bonds. The minimum atomic E-state index is -4.67. The number of carbonyl (C=O) groups is 3. The van der Waals surface area contributed by atoms with Crippen LogP contribution in [0, 0.1) is 11.8 Å². The van der Waals surface area contributed by atoms with Crippen molar-refractivity contribution in [2.24, 2.45) is 17.6 Å². The first-order valence-corrected chi connectivity index (χ1v) is 16.1. The van der Waals surface area contributed by atoms with Crippen LogP contribution in [-0.4, -0.2) is 117 Å². The van der Waals surface area contributed by atoms with Gasteiger partial charge < -0.3 is 36.8 Å². The quantitative estimate of drug-likeness (QED) is 0.0782. The number of primary amides is 1. The van der Waals surface area contributed by atoms with Crippen LogP contribution in [0.5, 0.6) is 5.75 Å². The number of hydrogen-bond donors (Lipinski definition) is 10. The molecule has 12 N–H and O–H groups in total. The fraction of sp³-hybridized carbons (Fsp3) is 0.480. The predicted molar refractivity (Wildman–Crippen MR) is 160 cm³/mol. The molecule has 3 aliphatic rings. The Morgan fingerprint density at radius 3 is 1.89 bits per heavy atom. The van der Waals surface area contributed by atoms with Gasteiger partial charge in [0.05, 0.1) is 17.3 Å². The summed E-state index contributed by atoms with van der Waals surface area (Å²) in [6, 6.07) is 0.584. The lowest BCUT2D eigenvalue weighted by Gasteiger charge is -2.50. The number of anilines is 2. The Bertz CT molecular complexity index is 1670. The van der Waals surface area contributed by atoms with Crippen LogP contribution in [0.25, 0.3) is 0 Å². The standard InChI is InChI=1S/C25H32N4O7.2H2O4S/c1-5-29(6-2)14-9-13(26)19(30)16-11(14)7-10-8-12-18(28(3)4)21(32)17(24(27)35)23(34)25(12,36)22(33)15(10)20(16)31;2*1-5(2,3)4/h9-10,12,18,30,32-33,36H,5-8,26H2,1-4H3,(H2,27,35);2*(H2,1,2,3,4)/t10?,12?,18-,25-;;/m0../s1. The van der Waals surface area contributed by atoms with Crippen molar-refractivity contribution in [1.82, 2.24) is 4.90 Å². The molecule has 0 aromatic heterocycles. The Morgan fingerprint density at radius 1 is 1.00 bits per heavy atom. The van der Waals surface area contributed by atoms with Gasteiger partial charge in [0.25, 0.3) is 5.91 Å². The smallest absolute Gasteiger partial charge is 0.394 e. The monoisotopic (exact) mass is 696 g/mol. The van der Waals surface area contributed by atoms with E-state index in [1.807, 2.05) is 18.7 Å². The second-order valence-electron chi connectivity index (χ2n) is 10.7. The van der Waals surface area contributed by atoms with E-state index in [9.17, 15) is 34.8 Å². The number of phenolic OH excluding ortho intramolecular Hbond substituents is 1. The van der Waals surface area contributed by atoms with Crippen molar-refractivity contribution in [1.29, 1.82) is 0 Å². The van der Waals surface area contributed by atoms with Gasteiger partial charge in [0.2, 0.25) is 5.78 Å². The summed E-state index contributed by atoms with van der Waals surface area (Å²) in [5, 5.41) is 44.5. The molecule has 3 aliphatic carbocycles. The molecule has 0 spiro atoms. The third-order valence-electron chi connectivity index (χ3n) is 7.83. The van der Waals surface area contributed by atoms with Crippen molar-refractivity contribution in [2.75, 3.05) is 37.8 Å². The molecule has 2 unspecified atom stereocenters. The van der Waals surface area contributed by atoms with E-state index in [-0.39, 0.29) is 29.7 Å². The average Bonchev–Trinajstić information content (AvgIpc) is 2.87. The summed E-state index contributed by atoms with van der Waals surface area (Å²) >= 11 is 0. The van der Waals surface area contributed by atoms with Gasteiger partial charge >= 0.3 is 20.8 Å². The average molecular weight is 697 g/mol. The fourth-order valence-electron chi connectivity index (χ4n) is 6.17. The van der Waals surface area contributed by atoms with Gasteiger partial charge in [-0.2, -0.15) is 16.8 Å². The topological polar surface area (TPSA) is 340 Å². The molecular formula is C25H36N4O15S2. The normalized spacial score (nSPS) is 24.2. The molecule has 4 rings (SSSR count). The number of carbonyl (C=O) groups excluding carboxylic acids is 3. The molecule has 0 bridgehead atoms. The van der Waals surface area contributed by atoms with Crippen LogP contribution in [0.2, 0.25) is 0 Å². The first-order valence-electron chi connectivity index (χ1n) is 13.3. The van der Waals surface area contributed by atoms with Gasteiger partial charge in [-0.15, -0.1) is 0 Å². The van der Waals surface area contributed by atoms with E-state index in [0.29, 0.717) is 24.3 Å². The lowest BCUT2D eigenvalue weighted by molar-refractivity contribution is -0.148. The maximum Gasteiger partial charge on any atom is 0.394 e. The summed E-state index contributed by atoms with van der Waals surface area (Å²) in [6.45, 7) is 5.13. The van der Waals surface area contributed by atoms with Crippen LogP contribution in [0.15, 0.2) is 28.7 Å². The summed E-state index contributed by atoms with van der Waals surface area (Å²) in [5.74, 6) is -6.90. The minimum Gasteiger partial charge on any atom is -0.510 e. The predicted octanol–water partition coefficient (Wildman–Crippen LogP) is -0.757. The van der Waals surface area contributed by atoms with E-state index >= 15 is 0 Å². The number of allylic oxidation sites excluding steroid dienone is 1. The maximum absolute atomic E-state index is 13.8. The van der Waals surface area contributed by atoms with Crippen LogP contribution in [0.4, 0.5) is 11.4 Å². The van der Waals surface area contributed by atoms with Gasteiger partial charge in [0.15, 0.2) is 11.4 Å². The van der Waals surface area contributed by atoms with Gasteiger partial charge in [0, 0.05) is 30.3 Å². The second-order valence-corrected chi connectivity index (χ2v) is 12.5. The first kappa shape index (κ1) is 38.4. The van der Waals surface area contributed by atoms with Crippen molar-refractivity contribution >= 4 is 49.6 Å². The molecule has 0 fully saturated rings. The number of nitrogen functional groups attached to an aromatic ring is 1.